The molecule has 0 spiro atoms. The van der Waals surface area contributed by atoms with Gasteiger partial charge in [0.2, 0.25) is 12.1 Å². The lowest BCUT2D eigenvalue weighted by Gasteiger charge is -2.15. The number of rotatable bonds is 12. The molecule has 0 aromatic rings. The summed E-state index contributed by atoms with van der Waals surface area (Å²) in [4.78, 5) is 46.2. The minimum absolute atomic E-state index is 0.0786. The maximum Gasteiger partial charge on any atom is 0.307 e. The quantitative estimate of drug-likeness (QED) is 0.482. The lowest BCUT2D eigenvalue weighted by molar-refractivity contribution is -0.565. The van der Waals surface area contributed by atoms with E-state index in [1.807, 2.05) is 0 Å². The topological polar surface area (TPSA) is 115 Å². The number of thioether (sulfide) groups is 1. The molecule has 2 heterocycles. The van der Waals surface area contributed by atoms with Crippen molar-refractivity contribution in [3.63, 3.8) is 0 Å². The van der Waals surface area contributed by atoms with Crippen molar-refractivity contribution in [3.8, 4) is 0 Å². The smallest absolute Gasteiger partial charge is 0.307 e. The maximum absolute atomic E-state index is 11.6. The van der Waals surface area contributed by atoms with Gasteiger partial charge in [0.15, 0.2) is 13.1 Å². The van der Waals surface area contributed by atoms with Gasteiger partial charge >= 0.3 is 11.9 Å². The van der Waals surface area contributed by atoms with E-state index in [0.29, 0.717) is 50.3 Å². The van der Waals surface area contributed by atoms with Gasteiger partial charge in [0.05, 0.1) is 11.8 Å². The Balaban J connectivity index is 1.73. The third-order valence-electron chi connectivity index (χ3n) is 5.68. The highest BCUT2D eigenvalue weighted by Crippen LogP contribution is 2.25. The van der Waals surface area contributed by atoms with Crippen LogP contribution in [-0.2, 0) is 9.59 Å². The standard InChI is InChI=1S/C18H28N2O6S/c21-17(22)13(5-7-15-3-1-9-19(15)25)11-27-12-14(18(23)24)6-8-16-4-2-10-20(16)26/h13-16H,1-12H2/p+2. The Bertz CT molecular complexity index is 522. The van der Waals surface area contributed by atoms with Crippen molar-refractivity contribution in [1.29, 1.82) is 0 Å². The Morgan fingerprint density at radius 3 is 1.56 bits per heavy atom. The molecule has 27 heavy (non-hydrogen) atoms. The second-order valence-electron chi connectivity index (χ2n) is 7.64. The van der Waals surface area contributed by atoms with Crippen LogP contribution in [0.25, 0.3) is 0 Å². The molecule has 2 aliphatic heterocycles. The van der Waals surface area contributed by atoms with Gasteiger partial charge in [-0.25, -0.2) is 0 Å². The zero-order chi connectivity index (χ0) is 19.8. The predicted octanol–water partition coefficient (Wildman–Crippen LogP) is 2.56. The zero-order valence-corrected chi connectivity index (χ0v) is 16.4. The van der Waals surface area contributed by atoms with Crippen LogP contribution < -0.4 is 0 Å². The third-order valence-corrected chi connectivity index (χ3v) is 6.96. The van der Waals surface area contributed by atoms with Gasteiger partial charge in [-0.05, 0) is 12.8 Å². The molecule has 2 rings (SSSR count). The summed E-state index contributed by atoms with van der Waals surface area (Å²) in [6.45, 7) is 1.05. The molecular formula is C18H30N2O6S+2. The van der Waals surface area contributed by atoms with Gasteiger partial charge in [0, 0.05) is 69.4 Å². The molecule has 2 saturated heterocycles. The van der Waals surface area contributed by atoms with E-state index in [4.69, 9.17) is 0 Å². The van der Waals surface area contributed by atoms with Crippen LogP contribution in [0.1, 0.15) is 51.4 Å². The fraction of sp³-hybridized carbons (Fsp3) is 0.889. The number of carboxylic acids is 2. The van der Waals surface area contributed by atoms with Crippen molar-refractivity contribution < 1.29 is 29.3 Å². The van der Waals surface area contributed by atoms with E-state index in [2.05, 4.69) is 0 Å². The summed E-state index contributed by atoms with van der Waals surface area (Å²) in [5, 5.41) is 18.8. The fourth-order valence-corrected chi connectivity index (χ4v) is 5.21. The summed E-state index contributed by atoms with van der Waals surface area (Å²) < 4.78 is 2.10. The minimum Gasteiger partial charge on any atom is -0.481 e. The van der Waals surface area contributed by atoms with E-state index < -0.39 is 23.8 Å². The number of nitrogens with zero attached hydrogens (tertiary/aromatic N) is 2. The molecule has 9 heteroatoms. The predicted molar refractivity (Wildman–Crippen MR) is 101 cm³/mol. The molecule has 0 amide bonds. The van der Waals surface area contributed by atoms with Crippen LogP contribution in [0.2, 0.25) is 0 Å². The number of nitroso groups, excluding NO2 is 2. The Morgan fingerprint density at radius 2 is 1.26 bits per heavy atom. The average Bonchev–Trinajstić information content (AvgIpc) is 3.21. The van der Waals surface area contributed by atoms with Crippen molar-refractivity contribution in [3.05, 3.63) is 9.81 Å². The molecule has 0 bridgehead atoms. The third kappa shape index (κ3) is 6.86. The van der Waals surface area contributed by atoms with Crippen LogP contribution >= 0.6 is 11.8 Å². The highest BCUT2D eigenvalue weighted by atomic mass is 32.2. The average molecular weight is 403 g/mol. The van der Waals surface area contributed by atoms with Crippen molar-refractivity contribution in [2.45, 2.75) is 63.5 Å². The highest BCUT2D eigenvalue weighted by molar-refractivity contribution is 7.99. The molecule has 152 valence electrons. The second-order valence-corrected chi connectivity index (χ2v) is 8.71. The molecule has 0 saturated carbocycles. The molecule has 0 aliphatic carbocycles. The van der Waals surface area contributed by atoms with Gasteiger partial charge in [0.25, 0.3) is 0 Å². The van der Waals surface area contributed by atoms with Crippen molar-refractivity contribution in [2.24, 2.45) is 11.8 Å². The number of carboxylic acid groups (broad SMARTS) is 2. The number of hydrogen-bond acceptors (Lipinski definition) is 5. The van der Waals surface area contributed by atoms with Gasteiger partial charge in [-0.3, -0.25) is 9.59 Å². The monoisotopic (exact) mass is 402 g/mol. The molecule has 2 fully saturated rings. The van der Waals surface area contributed by atoms with Crippen LogP contribution in [0.5, 0.6) is 0 Å². The second kappa shape index (κ2) is 10.7. The molecular weight excluding hydrogens is 372 g/mol. The molecule has 2 N–H and O–H groups in total. The summed E-state index contributed by atoms with van der Waals surface area (Å²) in [6.07, 6.45) is 5.40. The summed E-state index contributed by atoms with van der Waals surface area (Å²) in [6, 6.07) is -0.157. The first-order valence-electron chi connectivity index (χ1n) is 9.79. The molecule has 4 unspecified atom stereocenters. The summed E-state index contributed by atoms with van der Waals surface area (Å²) in [5.74, 6) is -2.21. The summed E-state index contributed by atoms with van der Waals surface area (Å²) >= 11 is 1.35. The first kappa shape index (κ1) is 21.8. The van der Waals surface area contributed by atoms with Crippen LogP contribution in [0.3, 0.4) is 0 Å². The Labute approximate surface area is 163 Å². The van der Waals surface area contributed by atoms with Crippen LogP contribution in [0.15, 0.2) is 0 Å². The molecule has 0 aromatic heterocycles. The largest absolute Gasteiger partial charge is 0.481 e. The van der Waals surface area contributed by atoms with E-state index in [1.54, 1.807) is 0 Å². The number of carbonyl (C=O) groups is 2. The van der Waals surface area contributed by atoms with Gasteiger partial charge in [-0.1, -0.05) is 0 Å². The van der Waals surface area contributed by atoms with Crippen molar-refractivity contribution >= 4 is 23.7 Å². The lowest BCUT2D eigenvalue weighted by atomic mass is 10.0. The summed E-state index contributed by atoms with van der Waals surface area (Å²) in [7, 11) is 0. The zero-order valence-electron chi connectivity index (χ0n) is 15.6. The van der Waals surface area contributed by atoms with Crippen LogP contribution in [0, 0.1) is 21.6 Å². The maximum atomic E-state index is 11.6. The molecule has 0 radical (unpaired) electrons. The van der Waals surface area contributed by atoms with E-state index in [-0.39, 0.29) is 12.1 Å². The first-order chi connectivity index (χ1) is 12.9. The van der Waals surface area contributed by atoms with E-state index in [9.17, 15) is 29.6 Å². The lowest BCUT2D eigenvalue weighted by Crippen LogP contribution is -2.24. The van der Waals surface area contributed by atoms with Gasteiger partial charge < -0.3 is 10.2 Å². The van der Waals surface area contributed by atoms with Gasteiger partial charge in [0.1, 0.15) is 0 Å². The Morgan fingerprint density at radius 1 is 0.852 bits per heavy atom. The van der Waals surface area contributed by atoms with E-state index >= 15 is 0 Å². The first-order valence-corrected chi connectivity index (χ1v) is 10.9. The Hall–Kier alpha value is -1.51. The number of hydrogen-bond donors (Lipinski definition) is 2. The molecule has 0 aromatic carbocycles. The van der Waals surface area contributed by atoms with E-state index in [0.717, 1.165) is 35.2 Å². The van der Waals surface area contributed by atoms with Crippen molar-refractivity contribution in [1.82, 2.24) is 0 Å². The van der Waals surface area contributed by atoms with E-state index in [1.165, 1.54) is 11.8 Å². The Kier molecular flexibility index (Phi) is 8.66. The SMILES string of the molecule is O=C(O)C(CCC1CCC[N+]1=O)CSCC(CCC1CCC[N+]1=O)C(=O)O. The van der Waals surface area contributed by atoms with Gasteiger partial charge in [-0.2, -0.15) is 11.8 Å². The minimum atomic E-state index is -0.891. The molecule has 8 nitrogen and oxygen atoms in total. The highest BCUT2D eigenvalue weighted by Gasteiger charge is 2.34. The number of aliphatic carboxylic acids is 2. The normalized spacial score (nSPS) is 24.9. The molecule has 2 aliphatic rings. The van der Waals surface area contributed by atoms with Gasteiger partial charge in [-0.15, -0.1) is 0 Å². The van der Waals surface area contributed by atoms with Crippen molar-refractivity contribution in [2.75, 3.05) is 24.6 Å². The fourth-order valence-electron chi connectivity index (χ4n) is 3.89. The molecule has 4 atom stereocenters. The van der Waals surface area contributed by atoms with Crippen LogP contribution in [0.4, 0.5) is 0 Å². The summed E-state index contributed by atoms with van der Waals surface area (Å²) in [5.41, 5.74) is 0. The van der Waals surface area contributed by atoms with Crippen LogP contribution in [-0.4, -0.2) is 68.4 Å².